The van der Waals surface area contributed by atoms with Gasteiger partial charge in [-0.05, 0) is 42.0 Å². The average molecular weight is 320 g/mol. The second kappa shape index (κ2) is 8.49. The molecule has 2 nitrogen and oxygen atoms in total. The molecular formula is C22H24O2. The molecule has 0 N–H and O–H groups in total. The van der Waals surface area contributed by atoms with Crippen molar-refractivity contribution < 1.29 is 9.53 Å². The van der Waals surface area contributed by atoms with Crippen LogP contribution in [0.25, 0.3) is 12.2 Å². The molecule has 0 heterocycles. The third kappa shape index (κ3) is 5.09. The van der Waals surface area contributed by atoms with Crippen LogP contribution >= 0.6 is 0 Å². The number of hydrogen-bond acceptors (Lipinski definition) is 2. The fourth-order valence-corrected chi connectivity index (χ4v) is 3.20. The molecule has 0 radical (unpaired) electrons. The zero-order valence-electron chi connectivity index (χ0n) is 14.0. The summed E-state index contributed by atoms with van der Waals surface area (Å²) < 4.78 is 5.47. The third-order valence-corrected chi connectivity index (χ3v) is 4.56. The van der Waals surface area contributed by atoms with Crippen LogP contribution in [0.2, 0.25) is 0 Å². The summed E-state index contributed by atoms with van der Waals surface area (Å²) in [5.41, 5.74) is 2.26. The first kappa shape index (κ1) is 16.5. The van der Waals surface area contributed by atoms with Gasteiger partial charge in [-0.1, -0.05) is 73.9 Å². The van der Waals surface area contributed by atoms with Gasteiger partial charge < -0.3 is 4.74 Å². The Bertz CT molecular complexity index is 665. The summed E-state index contributed by atoms with van der Waals surface area (Å²) in [6, 6.07) is 17.9. The van der Waals surface area contributed by atoms with E-state index in [1.807, 2.05) is 42.5 Å². The highest BCUT2D eigenvalue weighted by Gasteiger charge is 2.18. The Hall–Kier alpha value is -2.35. The largest absolute Gasteiger partial charge is 0.427 e. The summed E-state index contributed by atoms with van der Waals surface area (Å²) >= 11 is 0. The van der Waals surface area contributed by atoms with Gasteiger partial charge in [-0.3, -0.25) is 4.79 Å². The van der Waals surface area contributed by atoms with Crippen LogP contribution in [-0.2, 0) is 4.79 Å². The fourth-order valence-electron chi connectivity index (χ4n) is 3.20. The number of ether oxygens (including phenoxy) is 1. The molecule has 2 heteroatoms. The lowest BCUT2D eigenvalue weighted by molar-refractivity contribution is -0.135. The lowest BCUT2D eigenvalue weighted by atomic mass is 9.87. The van der Waals surface area contributed by atoms with Gasteiger partial charge in [-0.2, -0.15) is 0 Å². The molecule has 1 saturated carbocycles. The van der Waals surface area contributed by atoms with Gasteiger partial charge in [0.2, 0.25) is 0 Å². The molecule has 1 fully saturated rings. The van der Waals surface area contributed by atoms with Crippen molar-refractivity contribution in [2.45, 2.75) is 38.5 Å². The van der Waals surface area contributed by atoms with Crippen LogP contribution in [0.4, 0.5) is 0 Å². The zero-order valence-corrected chi connectivity index (χ0v) is 14.0. The van der Waals surface area contributed by atoms with Crippen molar-refractivity contribution in [1.29, 1.82) is 0 Å². The van der Waals surface area contributed by atoms with Gasteiger partial charge in [0.25, 0.3) is 0 Å². The first-order chi connectivity index (χ1) is 11.8. The van der Waals surface area contributed by atoms with Crippen LogP contribution < -0.4 is 4.74 Å². The molecule has 2 aromatic carbocycles. The first-order valence-corrected chi connectivity index (χ1v) is 8.83. The van der Waals surface area contributed by atoms with Gasteiger partial charge in [0.05, 0.1) is 0 Å². The second-order valence-corrected chi connectivity index (χ2v) is 6.50. The maximum absolute atomic E-state index is 12.0. The smallest absolute Gasteiger partial charge is 0.311 e. The standard InChI is InChI=1S/C22H24O2/c23-22(17-20-9-5-2-6-10-20)24-21-15-13-19(14-16-21)12-11-18-7-3-1-4-8-18/h1,3-4,7-8,11-16,20H,2,5-6,9-10,17H2/b12-11+. The van der Waals surface area contributed by atoms with Crippen LogP contribution in [0.15, 0.2) is 54.6 Å². The summed E-state index contributed by atoms with van der Waals surface area (Å²) in [5, 5.41) is 0. The Balaban J connectivity index is 1.52. The normalized spacial score (nSPS) is 15.5. The van der Waals surface area contributed by atoms with E-state index >= 15 is 0 Å². The van der Waals surface area contributed by atoms with Crippen LogP contribution in [-0.4, -0.2) is 5.97 Å². The Morgan fingerprint density at radius 1 is 0.875 bits per heavy atom. The van der Waals surface area contributed by atoms with Crippen molar-refractivity contribution in [1.82, 2.24) is 0 Å². The molecule has 0 aromatic heterocycles. The van der Waals surface area contributed by atoms with Crippen molar-refractivity contribution in [3.63, 3.8) is 0 Å². The van der Waals surface area contributed by atoms with Gasteiger partial charge in [-0.25, -0.2) is 0 Å². The maximum atomic E-state index is 12.0. The lowest BCUT2D eigenvalue weighted by Gasteiger charge is -2.20. The molecule has 2 aromatic rings. The molecule has 24 heavy (non-hydrogen) atoms. The molecule has 0 bridgehead atoms. The molecule has 0 aliphatic heterocycles. The monoisotopic (exact) mass is 320 g/mol. The second-order valence-electron chi connectivity index (χ2n) is 6.50. The Morgan fingerprint density at radius 2 is 1.50 bits per heavy atom. The van der Waals surface area contributed by atoms with E-state index < -0.39 is 0 Å². The van der Waals surface area contributed by atoms with Crippen molar-refractivity contribution in [3.05, 3.63) is 65.7 Å². The zero-order chi connectivity index (χ0) is 16.6. The summed E-state index contributed by atoms with van der Waals surface area (Å²) in [6.45, 7) is 0. The van der Waals surface area contributed by atoms with Gasteiger partial charge in [-0.15, -0.1) is 0 Å². The van der Waals surface area contributed by atoms with E-state index in [2.05, 4.69) is 24.3 Å². The molecule has 0 saturated heterocycles. The molecular weight excluding hydrogens is 296 g/mol. The van der Waals surface area contributed by atoms with E-state index in [1.165, 1.54) is 24.8 Å². The van der Waals surface area contributed by atoms with E-state index in [4.69, 9.17) is 4.74 Å². The molecule has 124 valence electrons. The molecule has 0 unspecified atom stereocenters. The Labute approximate surface area is 144 Å². The topological polar surface area (TPSA) is 26.3 Å². The van der Waals surface area contributed by atoms with Gasteiger partial charge in [0.15, 0.2) is 0 Å². The quantitative estimate of drug-likeness (QED) is 0.399. The SMILES string of the molecule is O=C(CC1CCCCC1)Oc1ccc(/C=C/c2ccccc2)cc1. The summed E-state index contributed by atoms with van der Waals surface area (Å²) in [7, 11) is 0. The minimum atomic E-state index is -0.102. The average Bonchev–Trinajstić information content (AvgIpc) is 2.63. The molecule has 3 rings (SSSR count). The number of rotatable bonds is 5. The van der Waals surface area contributed by atoms with E-state index in [0.29, 0.717) is 18.1 Å². The summed E-state index contributed by atoms with van der Waals surface area (Å²) in [6.07, 6.45) is 10.8. The van der Waals surface area contributed by atoms with E-state index in [9.17, 15) is 4.79 Å². The Kier molecular flexibility index (Phi) is 5.84. The van der Waals surface area contributed by atoms with Crippen molar-refractivity contribution in [3.8, 4) is 5.75 Å². The minimum Gasteiger partial charge on any atom is -0.427 e. The van der Waals surface area contributed by atoms with Crippen LogP contribution in [0, 0.1) is 5.92 Å². The van der Waals surface area contributed by atoms with E-state index in [-0.39, 0.29) is 5.97 Å². The van der Waals surface area contributed by atoms with Crippen molar-refractivity contribution >= 4 is 18.1 Å². The van der Waals surface area contributed by atoms with Crippen LogP contribution in [0.5, 0.6) is 5.75 Å². The highest BCUT2D eigenvalue weighted by molar-refractivity contribution is 5.73. The summed E-state index contributed by atoms with van der Waals surface area (Å²) in [5.74, 6) is 1.04. The first-order valence-electron chi connectivity index (χ1n) is 8.83. The highest BCUT2D eigenvalue weighted by Crippen LogP contribution is 2.27. The highest BCUT2D eigenvalue weighted by atomic mass is 16.5. The number of benzene rings is 2. The molecule has 0 amide bonds. The third-order valence-electron chi connectivity index (χ3n) is 4.56. The van der Waals surface area contributed by atoms with E-state index in [1.54, 1.807) is 0 Å². The lowest BCUT2D eigenvalue weighted by Crippen LogP contribution is -2.16. The molecule has 0 atom stereocenters. The molecule has 0 spiro atoms. The van der Waals surface area contributed by atoms with Crippen LogP contribution in [0.3, 0.4) is 0 Å². The van der Waals surface area contributed by atoms with Crippen LogP contribution in [0.1, 0.15) is 49.7 Å². The summed E-state index contributed by atoms with van der Waals surface area (Å²) in [4.78, 5) is 12.0. The van der Waals surface area contributed by atoms with Crippen molar-refractivity contribution in [2.24, 2.45) is 5.92 Å². The molecule has 1 aliphatic rings. The number of esters is 1. The predicted octanol–water partition coefficient (Wildman–Crippen LogP) is 5.73. The number of hydrogen-bond donors (Lipinski definition) is 0. The van der Waals surface area contributed by atoms with Gasteiger partial charge >= 0.3 is 5.97 Å². The van der Waals surface area contributed by atoms with Gasteiger partial charge in [0, 0.05) is 6.42 Å². The minimum absolute atomic E-state index is 0.102. The van der Waals surface area contributed by atoms with Crippen molar-refractivity contribution in [2.75, 3.05) is 0 Å². The predicted molar refractivity (Wildman–Crippen MR) is 98.6 cm³/mol. The number of carbonyl (C=O) groups excluding carboxylic acids is 1. The number of carbonyl (C=O) groups is 1. The molecule has 1 aliphatic carbocycles. The maximum Gasteiger partial charge on any atom is 0.311 e. The Morgan fingerprint density at radius 3 is 2.17 bits per heavy atom. The van der Waals surface area contributed by atoms with E-state index in [0.717, 1.165) is 18.4 Å². The fraction of sp³-hybridized carbons (Fsp3) is 0.318. The van der Waals surface area contributed by atoms with Gasteiger partial charge in [0.1, 0.15) is 5.75 Å².